The zero-order chi connectivity index (χ0) is 11.7. The molecular weight excluding hydrogens is 187 g/mol. The van der Waals surface area contributed by atoms with Crippen LogP contribution in [0, 0.1) is 0 Å². The molecule has 3 heteroatoms. The molecule has 0 aromatic heterocycles. The van der Waals surface area contributed by atoms with Gasteiger partial charge in [0.15, 0.2) is 0 Å². The first-order valence-corrected chi connectivity index (χ1v) is 6.53. The molecule has 0 aliphatic rings. The van der Waals surface area contributed by atoms with Crippen molar-refractivity contribution in [1.82, 2.24) is 0 Å². The average molecular weight is 214 g/mol. The van der Waals surface area contributed by atoms with Crippen LogP contribution in [0.1, 0.15) is 41.0 Å². The molecule has 0 radical (unpaired) electrons. The summed E-state index contributed by atoms with van der Waals surface area (Å²) in [5, 5.41) is 9.18. The van der Waals surface area contributed by atoms with E-state index in [1.165, 1.54) is 11.7 Å². The van der Waals surface area contributed by atoms with E-state index in [0.717, 1.165) is 26.2 Å². The van der Waals surface area contributed by atoms with Crippen LogP contribution in [0.4, 0.5) is 0 Å². The molecular formula is C11H27AlN2. The quantitative estimate of drug-likeness (QED) is 0.623. The minimum absolute atomic E-state index is 0.969. The van der Waals surface area contributed by atoms with Gasteiger partial charge < -0.3 is 10.6 Å². The van der Waals surface area contributed by atoms with Crippen molar-refractivity contribution in [2.75, 3.05) is 26.2 Å². The van der Waals surface area contributed by atoms with Gasteiger partial charge in [-0.15, -0.1) is 0 Å². The van der Waals surface area contributed by atoms with Gasteiger partial charge in [-0.1, -0.05) is 27.7 Å². The summed E-state index contributed by atoms with van der Waals surface area (Å²) < 4.78 is 0. The molecule has 0 aliphatic carbocycles. The van der Waals surface area contributed by atoms with E-state index >= 15 is 0 Å². The Balaban J connectivity index is -0.000000131. The molecule has 0 spiro atoms. The molecule has 0 amide bonds. The molecule has 0 saturated carbocycles. The zero-order valence-corrected chi connectivity index (χ0v) is 11.9. The van der Waals surface area contributed by atoms with Gasteiger partial charge in [0.1, 0.15) is 0 Å². The van der Waals surface area contributed by atoms with Crippen molar-refractivity contribution < 1.29 is 0 Å². The van der Waals surface area contributed by atoms with E-state index < -0.39 is 0 Å². The predicted octanol–water partition coefficient (Wildman–Crippen LogP) is 3.78. The summed E-state index contributed by atoms with van der Waals surface area (Å²) in [4.78, 5) is 0. The molecule has 84 valence electrons. The predicted molar refractivity (Wildman–Crippen MR) is 69.7 cm³/mol. The van der Waals surface area contributed by atoms with Crippen LogP contribution in [0.25, 0.3) is 10.6 Å². The molecule has 0 aromatic carbocycles. The molecule has 0 saturated heterocycles. The second-order valence-corrected chi connectivity index (χ2v) is 3.08. The standard InChI is InChI=1S/2C4H10N.C3H7.Al/c2*1-3-5-4-2;1-3-2;/h2*3-4H2,1-2H3;1,3H2,2H3;/q2*-1;;+2. The molecule has 0 aliphatic heterocycles. The summed E-state index contributed by atoms with van der Waals surface area (Å²) in [5.41, 5.74) is 0. The van der Waals surface area contributed by atoms with Crippen molar-refractivity contribution in [2.24, 2.45) is 0 Å². The first-order valence-electron chi connectivity index (χ1n) is 5.71. The summed E-state index contributed by atoms with van der Waals surface area (Å²) in [7, 11) is 0. The first kappa shape index (κ1) is 19.9. The van der Waals surface area contributed by atoms with Crippen LogP contribution in [0.3, 0.4) is 0 Å². The minimum Gasteiger partial charge on any atom is -0.663 e. The summed E-state index contributed by atoms with van der Waals surface area (Å²) in [6, 6.07) is 0. The average Bonchev–Trinajstić information content (AvgIpc) is 2.22. The first-order chi connectivity index (χ1) is 6.74. The topological polar surface area (TPSA) is 28.2 Å². The molecule has 0 aromatic rings. The van der Waals surface area contributed by atoms with Crippen LogP contribution < -0.4 is 0 Å². The van der Waals surface area contributed by atoms with Gasteiger partial charge in [-0.2, -0.15) is 26.2 Å². The Morgan fingerprint density at radius 3 is 0.929 bits per heavy atom. The number of hydrogen-bond acceptors (Lipinski definition) is 0. The van der Waals surface area contributed by atoms with Crippen LogP contribution in [0.15, 0.2) is 0 Å². The summed E-state index contributed by atoms with van der Waals surface area (Å²) in [6.07, 6.45) is 1.28. The summed E-state index contributed by atoms with van der Waals surface area (Å²) in [6.45, 7) is 14.2. The molecule has 0 bridgehead atoms. The molecule has 0 fully saturated rings. The fraction of sp³-hybridized carbons (Fsp3) is 1.00. The van der Waals surface area contributed by atoms with E-state index in [0.29, 0.717) is 0 Å². The Morgan fingerprint density at radius 2 is 0.929 bits per heavy atom. The molecule has 0 heterocycles. The van der Waals surface area contributed by atoms with Crippen LogP contribution in [-0.2, 0) is 0 Å². The molecule has 0 atom stereocenters. The Morgan fingerprint density at radius 1 is 0.714 bits per heavy atom. The van der Waals surface area contributed by atoms with E-state index in [1.807, 2.05) is 27.7 Å². The Bertz CT molecular complexity index is 49.2. The van der Waals surface area contributed by atoms with Crippen LogP contribution in [0.5, 0.6) is 0 Å². The molecule has 0 unspecified atom stereocenters. The summed E-state index contributed by atoms with van der Waals surface area (Å²) in [5.74, 6) is 0. The third-order valence-corrected chi connectivity index (χ3v) is 1.76. The van der Waals surface area contributed by atoms with Gasteiger partial charge in [-0.05, 0) is 0 Å². The van der Waals surface area contributed by atoms with Crippen molar-refractivity contribution in [2.45, 2.75) is 46.3 Å². The van der Waals surface area contributed by atoms with E-state index in [2.05, 4.69) is 33.8 Å². The Labute approximate surface area is 99.7 Å². The Kier molecular flexibility index (Phi) is 41.6. The monoisotopic (exact) mass is 214 g/mol. The van der Waals surface area contributed by atoms with Gasteiger partial charge in [-0.25, -0.2) is 0 Å². The largest absolute Gasteiger partial charge is 0.663 e. The van der Waals surface area contributed by atoms with Crippen LogP contribution in [0.2, 0.25) is 5.28 Å². The maximum absolute atomic E-state index is 3.97. The van der Waals surface area contributed by atoms with E-state index in [-0.39, 0.29) is 0 Å². The van der Waals surface area contributed by atoms with Crippen LogP contribution >= 0.6 is 0 Å². The molecule has 0 N–H and O–H groups in total. The Hall–Kier alpha value is 0.452. The second kappa shape index (κ2) is 29.2. The number of rotatable bonds is 5. The fourth-order valence-electron chi connectivity index (χ4n) is 0.447. The smallest absolute Gasteiger partial charge is 0.0844 e. The van der Waals surface area contributed by atoms with Crippen molar-refractivity contribution in [3.63, 3.8) is 0 Å². The number of nitrogens with zero attached hydrogens (tertiary/aromatic N) is 2. The van der Waals surface area contributed by atoms with Crippen LogP contribution in [-0.4, -0.2) is 42.5 Å². The fourth-order valence-corrected chi connectivity index (χ4v) is 0.447. The molecule has 0 rings (SSSR count). The van der Waals surface area contributed by atoms with E-state index in [9.17, 15) is 0 Å². The molecule has 2 nitrogen and oxygen atoms in total. The normalized spacial score (nSPS) is 8.21. The van der Waals surface area contributed by atoms with E-state index in [4.69, 9.17) is 0 Å². The van der Waals surface area contributed by atoms with Gasteiger partial charge in [0.2, 0.25) is 0 Å². The van der Waals surface area contributed by atoms with Gasteiger partial charge >= 0.3 is 34.9 Å². The van der Waals surface area contributed by atoms with E-state index in [1.54, 1.807) is 0 Å². The van der Waals surface area contributed by atoms with Crippen molar-refractivity contribution in [1.29, 1.82) is 0 Å². The van der Waals surface area contributed by atoms with Crippen molar-refractivity contribution >= 4 is 16.3 Å². The van der Waals surface area contributed by atoms with Crippen molar-refractivity contribution in [3.05, 3.63) is 10.6 Å². The third-order valence-electron chi connectivity index (χ3n) is 1.18. The maximum Gasteiger partial charge on any atom is -0.0844 e. The maximum atomic E-state index is 3.97. The summed E-state index contributed by atoms with van der Waals surface area (Å²) >= 11 is 2.66. The van der Waals surface area contributed by atoms with Gasteiger partial charge in [0, 0.05) is 0 Å². The molecule has 14 heavy (non-hydrogen) atoms. The van der Waals surface area contributed by atoms with Gasteiger partial charge in [0.05, 0.1) is 0 Å². The zero-order valence-electron chi connectivity index (χ0n) is 10.7. The third kappa shape index (κ3) is 54.9. The SMILES string of the molecule is CC[CH2][Al+2].CC[N-]CC.CC[N-]CC. The number of hydrogen-bond donors (Lipinski definition) is 0. The van der Waals surface area contributed by atoms with Gasteiger partial charge in [0.25, 0.3) is 0 Å². The second-order valence-electron chi connectivity index (χ2n) is 2.50. The van der Waals surface area contributed by atoms with Gasteiger partial charge in [-0.3, -0.25) is 0 Å². The minimum atomic E-state index is 0.969. The van der Waals surface area contributed by atoms with Crippen molar-refractivity contribution in [3.8, 4) is 0 Å².